The topological polar surface area (TPSA) is 30.7 Å². The van der Waals surface area contributed by atoms with Crippen molar-refractivity contribution in [3.05, 3.63) is 120 Å². The molecule has 0 aliphatic heterocycles. The smallest absolute Gasteiger partial charge is 0.113 e. The largest absolute Gasteiger partial charge is 0.233 e. The number of aromatic nitrogens is 3. The zero-order valence-corrected chi connectivity index (χ0v) is 15.3. The second kappa shape index (κ2) is 7.12. The Bertz CT molecular complexity index is 1190. The van der Waals surface area contributed by atoms with E-state index in [0.29, 0.717) is 0 Å². The van der Waals surface area contributed by atoms with Crippen molar-refractivity contribution in [2.24, 2.45) is 0 Å². The standard InChI is InChI=1S/C25H19N3/c1-3-9-19(10-4-1)20-15-17-22(18-16-20)25(21-11-5-2-6-12-21)28-24-14-8-7-13-23(24)26-27-28/h1-18,25H/t25-/m0/s1. The summed E-state index contributed by atoms with van der Waals surface area (Å²) in [6, 6.07) is 37.7. The number of hydrogen-bond donors (Lipinski definition) is 0. The van der Waals surface area contributed by atoms with Crippen LogP contribution >= 0.6 is 0 Å². The van der Waals surface area contributed by atoms with Crippen LogP contribution in [0.3, 0.4) is 0 Å². The summed E-state index contributed by atoms with van der Waals surface area (Å²) in [5.74, 6) is 0. The lowest BCUT2D eigenvalue weighted by atomic mass is 9.96. The van der Waals surface area contributed by atoms with Crippen LogP contribution in [0.2, 0.25) is 0 Å². The molecule has 1 aromatic heterocycles. The fraction of sp³-hybridized carbons (Fsp3) is 0.0400. The van der Waals surface area contributed by atoms with Crippen molar-refractivity contribution in [1.29, 1.82) is 0 Å². The van der Waals surface area contributed by atoms with Crippen molar-refractivity contribution in [2.75, 3.05) is 0 Å². The Morgan fingerprint density at radius 2 is 1.11 bits per heavy atom. The molecular formula is C25H19N3. The molecule has 28 heavy (non-hydrogen) atoms. The van der Waals surface area contributed by atoms with Gasteiger partial charge < -0.3 is 0 Å². The SMILES string of the molecule is c1ccc(-c2ccc([C@H](c3ccccc3)n3nnc4ccccc43)cc2)cc1. The Hall–Kier alpha value is -3.72. The molecule has 0 radical (unpaired) electrons. The minimum Gasteiger partial charge on any atom is -0.233 e. The highest BCUT2D eigenvalue weighted by atomic mass is 15.4. The van der Waals surface area contributed by atoms with Crippen LogP contribution in [-0.2, 0) is 0 Å². The molecule has 0 fully saturated rings. The molecular weight excluding hydrogens is 342 g/mol. The van der Waals surface area contributed by atoms with Crippen LogP contribution in [0, 0.1) is 0 Å². The maximum atomic E-state index is 4.50. The number of para-hydroxylation sites is 1. The molecule has 5 aromatic rings. The first kappa shape index (κ1) is 16.5. The van der Waals surface area contributed by atoms with E-state index in [1.165, 1.54) is 22.3 Å². The highest BCUT2D eigenvalue weighted by Gasteiger charge is 2.20. The molecule has 134 valence electrons. The van der Waals surface area contributed by atoms with E-state index in [2.05, 4.69) is 89.2 Å². The Balaban J connectivity index is 1.63. The molecule has 0 unspecified atom stereocenters. The van der Waals surface area contributed by atoms with Crippen LogP contribution in [0.4, 0.5) is 0 Å². The quantitative estimate of drug-likeness (QED) is 0.409. The Morgan fingerprint density at radius 1 is 0.536 bits per heavy atom. The first-order valence-corrected chi connectivity index (χ1v) is 9.40. The normalized spacial score (nSPS) is 12.1. The molecule has 3 heteroatoms. The molecule has 4 aromatic carbocycles. The average molecular weight is 361 g/mol. The van der Waals surface area contributed by atoms with Gasteiger partial charge in [0.15, 0.2) is 0 Å². The maximum Gasteiger partial charge on any atom is 0.113 e. The number of nitrogens with zero attached hydrogens (tertiary/aromatic N) is 3. The molecule has 1 heterocycles. The summed E-state index contributed by atoms with van der Waals surface area (Å²) >= 11 is 0. The second-order valence-corrected chi connectivity index (χ2v) is 6.82. The molecule has 0 saturated carbocycles. The number of hydrogen-bond acceptors (Lipinski definition) is 2. The van der Waals surface area contributed by atoms with Gasteiger partial charge in [0.05, 0.1) is 5.52 Å². The van der Waals surface area contributed by atoms with Crippen molar-refractivity contribution in [2.45, 2.75) is 6.04 Å². The Labute approximate surface area is 163 Å². The summed E-state index contributed by atoms with van der Waals surface area (Å²) in [6.45, 7) is 0. The van der Waals surface area contributed by atoms with Gasteiger partial charge in [-0.15, -0.1) is 5.10 Å². The van der Waals surface area contributed by atoms with Crippen LogP contribution in [-0.4, -0.2) is 15.0 Å². The van der Waals surface area contributed by atoms with Crippen molar-refractivity contribution in [1.82, 2.24) is 15.0 Å². The molecule has 0 aliphatic rings. The summed E-state index contributed by atoms with van der Waals surface area (Å²) < 4.78 is 2.02. The van der Waals surface area contributed by atoms with E-state index in [4.69, 9.17) is 0 Å². The molecule has 1 atom stereocenters. The molecule has 0 amide bonds. The molecule has 0 aliphatic carbocycles. The third kappa shape index (κ3) is 2.97. The monoisotopic (exact) mass is 361 g/mol. The molecule has 0 spiro atoms. The molecule has 5 rings (SSSR count). The van der Waals surface area contributed by atoms with E-state index in [1.54, 1.807) is 0 Å². The van der Waals surface area contributed by atoms with Gasteiger partial charge in [-0.2, -0.15) is 0 Å². The zero-order valence-electron chi connectivity index (χ0n) is 15.3. The van der Waals surface area contributed by atoms with Crippen LogP contribution in [0.5, 0.6) is 0 Å². The maximum absolute atomic E-state index is 4.50. The lowest BCUT2D eigenvalue weighted by Crippen LogP contribution is -2.14. The second-order valence-electron chi connectivity index (χ2n) is 6.82. The predicted octanol–water partition coefficient (Wildman–Crippen LogP) is 5.74. The van der Waals surface area contributed by atoms with E-state index < -0.39 is 0 Å². The van der Waals surface area contributed by atoms with Gasteiger partial charge in [0.2, 0.25) is 0 Å². The number of benzene rings is 4. The van der Waals surface area contributed by atoms with Crippen LogP contribution < -0.4 is 0 Å². The molecule has 0 bridgehead atoms. The van der Waals surface area contributed by atoms with E-state index in [0.717, 1.165) is 11.0 Å². The van der Waals surface area contributed by atoms with Gasteiger partial charge in [-0.3, -0.25) is 0 Å². The van der Waals surface area contributed by atoms with Crippen molar-refractivity contribution < 1.29 is 0 Å². The molecule has 0 N–H and O–H groups in total. The average Bonchev–Trinajstić information content (AvgIpc) is 3.20. The Kier molecular flexibility index (Phi) is 4.19. The van der Waals surface area contributed by atoms with E-state index >= 15 is 0 Å². The number of fused-ring (bicyclic) bond motifs is 1. The van der Waals surface area contributed by atoms with Gasteiger partial charge in [0.1, 0.15) is 11.6 Å². The van der Waals surface area contributed by atoms with E-state index in [-0.39, 0.29) is 6.04 Å². The van der Waals surface area contributed by atoms with Gasteiger partial charge in [0.25, 0.3) is 0 Å². The van der Waals surface area contributed by atoms with Crippen molar-refractivity contribution in [3.8, 4) is 11.1 Å². The predicted molar refractivity (Wildman–Crippen MR) is 113 cm³/mol. The third-order valence-electron chi connectivity index (χ3n) is 5.07. The fourth-order valence-corrected chi connectivity index (χ4v) is 3.68. The zero-order chi connectivity index (χ0) is 18.8. The van der Waals surface area contributed by atoms with Gasteiger partial charge in [-0.1, -0.05) is 102 Å². The van der Waals surface area contributed by atoms with E-state index in [9.17, 15) is 0 Å². The number of rotatable bonds is 4. The van der Waals surface area contributed by atoms with Gasteiger partial charge in [-0.25, -0.2) is 4.68 Å². The van der Waals surface area contributed by atoms with Gasteiger partial charge in [-0.05, 0) is 34.4 Å². The molecule has 3 nitrogen and oxygen atoms in total. The van der Waals surface area contributed by atoms with Gasteiger partial charge >= 0.3 is 0 Å². The lowest BCUT2D eigenvalue weighted by molar-refractivity contribution is 0.589. The summed E-state index contributed by atoms with van der Waals surface area (Å²) in [4.78, 5) is 0. The highest BCUT2D eigenvalue weighted by molar-refractivity contribution is 5.74. The lowest BCUT2D eigenvalue weighted by Gasteiger charge is -2.19. The first-order chi connectivity index (χ1) is 13.9. The van der Waals surface area contributed by atoms with Crippen molar-refractivity contribution in [3.63, 3.8) is 0 Å². The Morgan fingerprint density at radius 3 is 1.86 bits per heavy atom. The van der Waals surface area contributed by atoms with Crippen LogP contribution in [0.25, 0.3) is 22.2 Å². The van der Waals surface area contributed by atoms with Crippen LogP contribution in [0.1, 0.15) is 17.2 Å². The summed E-state index contributed by atoms with van der Waals surface area (Å²) in [7, 11) is 0. The van der Waals surface area contributed by atoms with Crippen LogP contribution in [0.15, 0.2) is 109 Å². The minimum atomic E-state index is -0.0292. The van der Waals surface area contributed by atoms with Gasteiger partial charge in [0, 0.05) is 0 Å². The fourth-order valence-electron chi connectivity index (χ4n) is 3.68. The first-order valence-electron chi connectivity index (χ1n) is 9.40. The van der Waals surface area contributed by atoms with Crippen molar-refractivity contribution >= 4 is 11.0 Å². The van der Waals surface area contributed by atoms with E-state index in [1.807, 2.05) is 35.0 Å². The summed E-state index contributed by atoms with van der Waals surface area (Å²) in [5, 5.41) is 8.86. The highest BCUT2D eigenvalue weighted by Crippen LogP contribution is 2.30. The summed E-state index contributed by atoms with van der Waals surface area (Å²) in [6.07, 6.45) is 0. The minimum absolute atomic E-state index is 0.0292. The molecule has 0 saturated heterocycles. The third-order valence-corrected chi connectivity index (χ3v) is 5.07. The summed E-state index contributed by atoms with van der Waals surface area (Å²) in [5.41, 5.74) is 6.73.